The first kappa shape index (κ1) is 23.2. The van der Waals surface area contributed by atoms with Gasteiger partial charge in [-0.1, -0.05) is 35.9 Å². The zero-order chi connectivity index (χ0) is 24.9. The first-order valence-corrected chi connectivity index (χ1v) is 12.7. The molecule has 0 fully saturated rings. The number of hydrogen-bond acceptors (Lipinski definition) is 6. The summed E-state index contributed by atoms with van der Waals surface area (Å²) in [5, 5.41) is 22.8. The highest BCUT2D eigenvalue weighted by Gasteiger charge is 2.24. The zero-order valence-electron chi connectivity index (χ0n) is 18.6. The maximum atomic E-state index is 13.8. The Morgan fingerprint density at radius 3 is 2.23 bits per heavy atom. The number of thiazole rings is 1. The zero-order valence-corrected chi connectivity index (χ0v) is 21.0. The number of phenolic OH excluding ortho intramolecular Hbond substituents is 1. The average Bonchev–Trinajstić information content (AvgIpc) is 3.44. The van der Waals surface area contributed by atoms with Gasteiger partial charge in [-0.15, -0.1) is 22.7 Å². The van der Waals surface area contributed by atoms with Crippen molar-refractivity contribution >= 4 is 56.1 Å². The molecule has 8 heteroatoms. The molecule has 0 spiro atoms. The van der Waals surface area contributed by atoms with Crippen LogP contribution in [0.4, 0.5) is 0 Å². The van der Waals surface area contributed by atoms with Crippen molar-refractivity contribution < 1.29 is 19.8 Å². The van der Waals surface area contributed by atoms with E-state index in [0.717, 1.165) is 37.9 Å². The molecular formula is C27H18ClNO4S2. The molecule has 0 aliphatic rings. The van der Waals surface area contributed by atoms with E-state index < -0.39 is 5.97 Å². The van der Waals surface area contributed by atoms with Crippen LogP contribution in [0.1, 0.15) is 36.9 Å². The minimum absolute atomic E-state index is 0.0132. The molecule has 2 heterocycles. The van der Waals surface area contributed by atoms with Gasteiger partial charge in [-0.3, -0.25) is 4.79 Å². The Kier molecular flexibility index (Phi) is 5.92. The molecule has 5 nitrogen and oxygen atoms in total. The van der Waals surface area contributed by atoms with E-state index in [1.54, 1.807) is 24.3 Å². The van der Waals surface area contributed by atoms with Crippen molar-refractivity contribution in [3.63, 3.8) is 0 Å². The van der Waals surface area contributed by atoms with Gasteiger partial charge in [0.2, 0.25) is 5.78 Å². The van der Waals surface area contributed by atoms with Crippen LogP contribution in [0.5, 0.6) is 5.75 Å². The molecule has 5 rings (SSSR count). The number of aryl methyl sites for hydroxylation is 2. The average molecular weight is 520 g/mol. The van der Waals surface area contributed by atoms with Gasteiger partial charge >= 0.3 is 5.97 Å². The summed E-state index contributed by atoms with van der Waals surface area (Å²) >= 11 is 8.80. The van der Waals surface area contributed by atoms with Crippen molar-refractivity contribution in [1.82, 2.24) is 4.98 Å². The van der Waals surface area contributed by atoms with Crippen molar-refractivity contribution in [3.8, 4) is 27.4 Å². The second kappa shape index (κ2) is 8.92. The Balaban J connectivity index is 1.65. The molecule has 0 atom stereocenters. The fourth-order valence-electron chi connectivity index (χ4n) is 4.20. The second-order valence-electron chi connectivity index (χ2n) is 8.15. The molecule has 0 aliphatic carbocycles. The van der Waals surface area contributed by atoms with Gasteiger partial charge in [0.1, 0.15) is 10.8 Å². The van der Waals surface area contributed by atoms with Crippen LogP contribution in [0.2, 0.25) is 5.02 Å². The van der Waals surface area contributed by atoms with Gasteiger partial charge in [0, 0.05) is 37.2 Å². The summed E-state index contributed by atoms with van der Waals surface area (Å²) in [5.74, 6) is -1.02. The molecule has 2 aromatic heterocycles. The lowest BCUT2D eigenvalue weighted by Gasteiger charge is -2.11. The summed E-state index contributed by atoms with van der Waals surface area (Å²) in [7, 11) is 0. The van der Waals surface area contributed by atoms with Gasteiger partial charge in [-0.25, -0.2) is 9.78 Å². The van der Waals surface area contributed by atoms with Gasteiger partial charge in [0.05, 0.1) is 4.88 Å². The Hall–Kier alpha value is -3.52. The van der Waals surface area contributed by atoms with Crippen LogP contribution in [0.3, 0.4) is 0 Å². The summed E-state index contributed by atoms with van der Waals surface area (Å²) < 4.78 is 0.808. The number of aromatic hydroxyl groups is 1. The van der Waals surface area contributed by atoms with Crippen LogP contribution in [0, 0.1) is 13.8 Å². The number of halogens is 1. The van der Waals surface area contributed by atoms with E-state index >= 15 is 0 Å². The van der Waals surface area contributed by atoms with Crippen LogP contribution in [0.25, 0.3) is 31.8 Å². The summed E-state index contributed by atoms with van der Waals surface area (Å²) in [6.45, 7) is 3.75. The highest BCUT2D eigenvalue weighted by Crippen LogP contribution is 2.42. The molecule has 0 bridgehead atoms. The number of thiophene rings is 1. The number of hydrogen-bond donors (Lipinski definition) is 2. The number of benzene rings is 3. The monoisotopic (exact) mass is 519 g/mol. The molecular weight excluding hydrogens is 502 g/mol. The van der Waals surface area contributed by atoms with Crippen LogP contribution in [-0.4, -0.2) is 26.9 Å². The van der Waals surface area contributed by atoms with Crippen molar-refractivity contribution in [1.29, 1.82) is 0 Å². The lowest BCUT2D eigenvalue weighted by Crippen LogP contribution is -2.06. The maximum absolute atomic E-state index is 13.8. The van der Waals surface area contributed by atoms with Crippen molar-refractivity contribution in [3.05, 3.63) is 92.3 Å². The maximum Gasteiger partial charge on any atom is 0.355 e. The topological polar surface area (TPSA) is 87.5 Å². The SMILES string of the molecule is Cc1cc(Cl)cc(C)c1C(=O)c1sc2cc(O)ccc2c1-c1ccc(-c2nc(C(=O)O)cs2)cc1. The van der Waals surface area contributed by atoms with E-state index in [4.69, 9.17) is 16.7 Å². The molecule has 174 valence electrons. The third-order valence-electron chi connectivity index (χ3n) is 5.75. The standard InChI is InChI=1S/C27H18ClNO4S2/c1-13-9-17(28)10-14(2)22(13)24(31)25-23(19-8-7-18(30)11-21(19)35-25)15-3-5-16(6-4-15)26-29-20(12-34-26)27(32)33/h3-12,30H,1-2H3,(H,32,33). The van der Waals surface area contributed by atoms with Crippen LogP contribution < -0.4 is 0 Å². The molecule has 3 aromatic carbocycles. The number of rotatable bonds is 5. The van der Waals surface area contributed by atoms with Crippen LogP contribution in [0.15, 0.2) is 60.0 Å². The molecule has 0 amide bonds. The fraction of sp³-hybridized carbons (Fsp3) is 0.0741. The lowest BCUT2D eigenvalue weighted by atomic mass is 9.93. The molecule has 5 aromatic rings. The third-order valence-corrected chi connectivity index (χ3v) is 8.01. The van der Waals surface area contributed by atoms with Crippen molar-refractivity contribution in [2.24, 2.45) is 0 Å². The van der Waals surface area contributed by atoms with Crippen molar-refractivity contribution in [2.75, 3.05) is 0 Å². The van der Waals surface area contributed by atoms with Gasteiger partial charge < -0.3 is 10.2 Å². The number of carboxylic acids is 1. The fourth-order valence-corrected chi connectivity index (χ4v) is 6.53. The number of carbonyl (C=O) groups excluding carboxylic acids is 1. The number of aromatic nitrogens is 1. The number of aromatic carboxylic acids is 1. The van der Waals surface area contributed by atoms with Crippen LogP contribution >= 0.6 is 34.3 Å². The third kappa shape index (κ3) is 4.23. The normalized spacial score (nSPS) is 11.2. The van der Waals surface area contributed by atoms with E-state index in [-0.39, 0.29) is 17.2 Å². The largest absolute Gasteiger partial charge is 0.508 e. The molecule has 2 N–H and O–H groups in total. The predicted molar refractivity (Wildman–Crippen MR) is 141 cm³/mol. The van der Waals surface area contributed by atoms with Crippen LogP contribution in [-0.2, 0) is 0 Å². The molecule has 0 radical (unpaired) electrons. The number of carboxylic acid groups (broad SMARTS) is 1. The molecule has 0 unspecified atom stereocenters. The molecule has 0 saturated heterocycles. The smallest absolute Gasteiger partial charge is 0.355 e. The first-order chi connectivity index (χ1) is 16.7. The highest BCUT2D eigenvalue weighted by molar-refractivity contribution is 7.21. The predicted octanol–water partition coefficient (Wildman–Crippen LogP) is 7.60. The van der Waals surface area contributed by atoms with Gasteiger partial charge in [0.25, 0.3) is 0 Å². The van der Waals surface area contributed by atoms with Crippen molar-refractivity contribution in [2.45, 2.75) is 13.8 Å². The number of nitrogens with zero attached hydrogens (tertiary/aromatic N) is 1. The van der Waals surface area contributed by atoms with E-state index in [2.05, 4.69) is 4.98 Å². The van der Waals surface area contributed by atoms with Gasteiger partial charge in [-0.05, 0) is 60.9 Å². The Bertz CT molecular complexity index is 1610. The Labute approximate surface area is 213 Å². The molecule has 0 aliphatic heterocycles. The van der Waals surface area contributed by atoms with E-state index in [0.29, 0.717) is 20.5 Å². The molecule has 35 heavy (non-hydrogen) atoms. The highest BCUT2D eigenvalue weighted by atomic mass is 35.5. The first-order valence-electron chi connectivity index (χ1n) is 10.6. The lowest BCUT2D eigenvalue weighted by molar-refractivity contribution is 0.0691. The number of ketones is 1. The Morgan fingerprint density at radius 2 is 1.60 bits per heavy atom. The summed E-state index contributed by atoms with van der Waals surface area (Å²) in [4.78, 5) is 29.8. The van der Waals surface area contributed by atoms with E-state index in [9.17, 15) is 14.7 Å². The minimum Gasteiger partial charge on any atom is -0.508 e. The summed E-state index contributed by atoms with van der Waals surface area (Å²) in [6.07, 6.45) is 0. The molecule has 0 saturated carbocycles. The quantitative estimate of drug-likeness (QED) is 0.233. The van der Waals surface area contributed by atoms with Gasteiger partial charge in [0.15, 0.2) is 5.69 Å². The number of carbonyl (C=O) groups is 2. The Morgan fingerprint density at radius 1 is 0.943 bits per heavy atom. The summed E-state index contributed by atoms with van der Waals surface area (Å²) in [6, 6.07) is 16.2. The summed E-state index contributed by atoms with van der Waals surface area (Å²) in [5.41, 5.74) is 4.67. The number of fused-ring (bicyclic) bond motifs is 1. The minimum atomic E-state index is -1.06. The second-order valence-corrected chi connectivity index (χ2v) is 10.5. The van der Waals surface area contributed by atoms with Gasteiger partial charge in [-0.2, -0.15) is 0 Å². The van der Waals surface area contributed by atoms with E-state index in [1.807, 2.05) is 44.2 Å². The van der Waals surface area contributed by atoms with E-state index in [1.165, 1.54) is 28.1 Å². The number of phenols is 1.